The molecular formula is C9H15N5O. The Hall–Kier alpha value is -1.56. The van der Waals surface area contributed by atoms with Crippen LogP contribution in [0.3, 0.4) is 0 Å². The highest BCUT2D eigenvalue weighted by molar-refractivity contribution is 5.89. The first-order valence-electron chi connectivity index (χ1n) is 5.04. The molecule has 1 atom stereocenters. The minimum atomic E-state index is -0.0765. The van der Waals surface area contributed by atoms with E-state index in [0.29, 0.717) is 18.2 Å². The Morgan fingerprint density at radius 1 is 1.80 bits per heavy atom. The highest BCUT2D eigenvalue weighted by atomic mass is 16.2. The third-order valence-corrected chi connectivity index (χ3v) is 2.66. The largest absolute Gasteiger partial charge is 0.330 e. The topological polar surface area (TPSA) is 87.0 Å². The summed E-state index contributed by atoms with van der Waals surface area (Å²) in [5.74, 6) is 0.445. The molecule has 1 unspecified atom stereocenters. The molecule has 15 heavy (non-hydrogen) atoms. The van der Waals surface area contributed by atoms with Crippen LogP contribution in [-0.4, -0.2) is 40.8 Å². The molecule has 1 aliphatic rings. The molecule has 2 heterocycles. The van der Waals surface area contributed by atoms with Crippen LogP contribution in [0.1, 0.15) is 6.42 Å². The lowest BCUT2D eigenvalue weighted by Gasteiger charge is -2.16. The van der Waals surface area contributed by atoms with E-state index < -0.39 is 0 Å². The van der Waals surface area contributed by atoms with Crippen molar-refractivity contribution in [2.24, 2.45) is 11.7 Å². The van der Waals surface area contributed by atoms with Crippen molar-refractivity contribution in [2.45, 2.75) is 6.42 Å². The minimum absolute atomic E-state index is 0.0765. The molecule has 2 rings (SSSR count). The molecule has 0 aliphatic carbocycles. The van der Waals surface area contributed by atoms with Crippen molar-refractivity contribution in [1.29, 1.82) is 0 Å². The Kier molecular flexibility index (Phi) is 2.86. The fraction of sp³-hybridized carbons (Fsp3) is 0.556. The zero-order valence-corrected chi connectivity index (χ0v) is 8.44. The van der Waals surface area contributed by atoms with Gasteiger partial charge in [0.05, 0.1) is 11.9 Å². The third kappa shape index (κ3) is 2.27. The quantitative estimate of drug-likeness (QED) is 0.651. The summed E-state index contributed by atoms with van der Waals surface area (Å²) >= 11 is 0. The maximum atomic E-state index is 11.7. The molecule has 1 aromatic heterocycles. The molecule has 0 saturated carbocycles. The summed E-state index contributed by atoms with van der Waals surface area (Å²) < 4.78 is 0. The van der Waals surface area contributed by atoms with Gasteiger partial charge in [0, 0.05) is 19.3 Å². The molecule has 0 aromatic carbocycles. The number of nitrogens with one attached hydrogen (secondary N) is 2. The van der Waals surface area contributed by atoms with Gasteiger partial charge in [0.1, 0.15) is 0 Å². The number of amides is 2. The summed E-state index contributed by atoms with van der Waals surface area (Å²) in [7, 11) is 0. The van der Waals surface area contributed by atoms with Gasteiger partial charge in [-0.1, -0.05) is 0 Å². The molecule has 6 heteroatoms. The summed E-state index contributed by atoms with van der Waals surface area (Å²) in [6, 6.07) is -0.0765. The highest BCUT2D eigenvalue weighted by Crippen LogP contribution is 2.15. The van der Waals surface area contributed by atoms with Crippen LogP contribution in [0.15, 0.2) is 12.4 Å². The Labute approximate surface area is 87.8 Å². The zero-order valence-electron chi connectivity index (χ0n) is 8.44. The van der Waals surface area contributed by atoms with Gasteiger partial charge < -0.3 is 16.0 Å². The molecule has 4 N–H and O–H groups in total. The summed E-state index contributed by atoms with van der Waals surface area (Å²) in [6.45, 7) is 2.18. The van der Waals surface area contributed by atoms with Gasteiger partial charge in [-0.2, -0.15) is 5.10 Å². The van der Waals surface area contributed by atoms with Crippen LogP contribution in [0.5, 0.6) is 0 Å². The van der Waals surface area contributed by atoms with Crippen LogP contribution in [0, 0.1) is 5.92 Å². The van der Waals surface area contributed by atoms with E-state index in [0.717, 1.165) is 19.5 Å². The van der Waals surface area contributed by atoms with Crippen LogP contribution in [-0.2, 0) is 0 Å². The van der Waals surface area contributed by atoms with Gasteiger partial charge in [-0.15, -0.1) is 0 Å². The van der Waals surface area contributed by atoms with Crippen molar-refractivity contribution in [3.63, 3.8) is 0 Å². The molecule has 0 radical (unpaired) electrons. The molecule has 0 spiro atoms. The third-order valence-electron chi connectivity index (χ3n) is 2.66. The lowest BCUT2D eigenvalue weighted by Crippen LogP contribution is -2.33. The summed E-state index contributed by atoms with van der Waals surface area (Å²) in [5.41, 5.74) is 6.25. The Bertz CT molecular complexity index is 323. The van der Waals surface area contributed by atoms with Crippen molar-refractivity contribution in [3.05, 3.63) is 12.4 Å². The van der Waals surface area contributed by atoms with Crippen molar-refractivity contribution < 1.29 is 4.79 Å². The predicted octanol–water partition coefficient (Wildman–Crippen LogP) is 0.222. The average Bonchev–Trinajstić information content (AvgIpc) is 2.86. The van der Waals surface area contributed by atoms with E-state index in [1.54, 1.807) is 17.3 Å². The number of urea groups is 1. The highest BCUT2D eigenvalue weighted by Gasteiger charge is 2.25. The zero-order chi connectivity index (χ0) is 10.7. The monoisotopic (exact) mass is 209 g/mol. The lowest BCUT2D eigenvalue weighted by atomic mass is 10.1. The number of H-pyrrole nitrogens is 1. The summed E-state index contributed by atoms with van der Waals surface area (Å²) in [4.78, 5) is 13.5. The van der Waals surface area contributed by atoms with Crippen LogP contribution >= 0.6 is 0 Å². The number of carbonyl (C=O) groups is 1. The van der Waals surface area contributed by atoms with Crippen LogP contribution in [0.2, 0.25) is 0 Å². The number of aromatic nitrogens is 2. The van der Waals surface area contributed by atoms with Crippen molar-refractivity contribution in [2.75, 3.05) is 25.0 Å². The number of carbonyl (C=O) groups excluding carboxylic acids is 1. The minimum Gasteiger partial charge on any atom is -0.330 e. The van der Waals surface area contributed by atoms with E-state index in [9.17, 15) is 4.79 Å². The van der Waals surface area contributed by atoms with Gasteiger partial charge in [-0.25, -0.2) is 4.79 Å². The summed E-state index contributed by atoms with van der Waals surface area (Å²) in [5, 5.41) is 9.16. The molecule has 6 nitrogen and oxygen atoms in total. The number of hydrogen-bond acceptors (Lipinski definition) is 3. The fourth-order valence-electron chi connectivity index (χ4n) is 1.73. The van der Waals surface area contributed by atoms with Gasteiger partial charge in [0.2, 0.25) is 0 Å². The van der Waals surface area contributed by atoms with E-state index >= 15 is 0 Å². The van der Waals surface area contributed by atoms with E-state index in [1.165, 1.54) is 0 Å². The first-order valence-corrected chi connectivity index (χ1v) is 5.04. The van der Waals surface area contributed by atoms with Crippen molar-refractivity contribution in [3.8, 4) is 0 Å². The molecule has 1 fully saturated rings. The molecule has 2 amide bonds. The van der Waals surface area contributed by atoms with E-state index in [1.807, 2.05) is 0 Å². The SMILES string of the molecule is NCC1CCN(C(=O)Nc2cn[nH]c2)C1. The molecule has 82 valence electrons. The fourth-order valence-corrected chi connectivity index (χ4v) is 1.73. The average molecular weight is 209 g/mol. The number of nitrogens with zero attached hydrogens (tertiary/aromatic N) is 2. The maximum absolute atomic E-state index is 11.7. The van der Waals surface area contributed by atoms with E-state index in [-0.39, 0.29) is 6.03 Å². The smallest absolute Gasteiger partial charge is 0.321 e. The summed E-state index contributed by atoms with van der Waals surface area (Å²) in [6.07, 6.45) is 4.22. The number of hydrogen-bond donors (Lipinski definition) is 3. The first-order chi connectivity index (χ1) is 7.29. The van der Waals surface area contributed by atoms with Gasteiger partial charge in [0.25, 0.3) is 0 Å². The second-order valence-corrected chi connectivity index (χ2v) is 3.75. The molecule has 1 aliphatic heterocycles. The normalized spacial score (nSPS) is 20.6. The van der Waals surface area contributed by atoms with Gasteiger partial charge in [-0.3, -0.25) is 5.10 Å². The number of anilines is 1. The molecule has 0 bridgehead atoms. The van der Waals surface area contributed by atoms with E-state index in [4.69, 9.17) is 5.73 Å². The maximum Gasteiger partial charge on any atom is 0.321 e. The molecular weight excluding hydrogens is 194 g/mol. The van der Waals surface area contributed by atoms with E-state index in [2.05, 4.69) is 15.5 Å². The number of rotatable bonds is 2. The number of likely N-dealkylation sites (tertiary alicyclic amines) is 1. The van der Waals surface area contributed by atoms with Crippen molar-refractivity contribution >= 4 is 11.7 Å². The number of aromatic amines is 1. The first kappa shape index (κ1) is 9.97. The van der Waals surface area contributed by atoms with Gasteiger partial charge in [-0.05, 0) is 18.9 Å². The Morgan fingerprint density at radius 3 is 3.27 bits per heavy atom. The van der Waals surface area contributed by atoms with Crippen molar-refractivity contribution in [1.82, 2.24) is 15.1 Å². The standard InChI is InChI=1S/C9H15N5O/c10-3-7-1-2-14(6-7)9(15)13-8-4-11-12-5-8/h4-5,7H,1-3,6,10H2,(H,11,12)(H,13,15). The Balaban J connectivity index is 1.87. The lowest BCUT2D eigenvalue weighted by molar-refractivity contribution is 0.221. The Morgan fingerprint density at radius 2 is 2.67 bits per heavy atom. The van der Waals surface area contributed by atoms with Crippen LogP contribution in [0.25, 0.3) is 0 Å². The second kappa shape index (κ2) is 4.31. The van der Waals surface area contributed by atoms with Crippen LogP contribution in [0.4, 0.5) is 10.5 Å². The van der Waals surface area contributed by atoms with Gasteiger partial charge >= 0.3 is 6.03 Å². The molecule has 1 saturated heterocycles. The van der Waals surface area contributed by atoms with Crippen LogP contribution < -0.4 is 11.1 Å². The van der Waals surface area contributed by atoms with Gasteiger partial charge in [0.15, 0.2) is 0 Å². The number of nitrogens with two attached hydrogens (primary N) is 1. The molecule has 1 aromatic rings. The predicted molar refractivity (Wildman–Crippen MR) is 56.3 cm³/mol. The second-order valence-electron chi connectivity index (χ2n) is 3.75.